The molecule has 0 saturated carbocycles. The number of nitrogens with one attached hydrogen (secondary N) is 1. The maximum atomic E-state index is 13.0. The molecule has 0 aliphatic carbocycles. The van der Waals surface area contributed by atoms with E-state index in [2.05, 4.69) is 5.32 Å². The molecule has 1 heterocycles. The fraction of sp³-hybridized carbons (Fsp3) is 0.200. The Kier molecular flexibility index (Phi) is 3.46. The van der Waals surface area contributed by atoms with E-state index in [4.69, 9.17) is 4.74 Å². The monoisotopic (exact) mass is 327 g/mol. The number of benzene rings is 2. The van der Waals surface area contributed by atoms with Gasteiger partial charge in [0, 0.05) is 21.9 Å². The lowest BCUT2D eigenvalue weighted by Gasteiger charge is -2.20. The molecule has 1 N–H and O–H groups in total. The van der Waals surface area contributed by atoms with Crippen molar-refractivity contribution in [3.05, 3.63) is 41.5 Å². The number of carbonyl (C=O) groups is 2. The molecule has 23 heavy (non-hydrogen) atoms. The molecule has 120 valence electrons. The van der Waals surface area contributed by atoms with Crippen LogP contribution in [0.2, 0.25) is 0 Å². The Morgan fingerprint density at radius 2 is 1.70 bits per heavy atom. The molecule has 0 saturated heterocycles. The summed E-state index contributed by atoms with van der Waals surface area (Å²) < 4.78 is 55.2. The second kappa shape index (κ2) is 5.22. The van der Waals surface area contributed by atoms with E-state index >= 15 is 0 Å². The summed E-state index contributed by atoms with van der Waals surface area (Å²) >= 11 is 0. The van der Waals surface area contributed by atoms with Crippen LogP contribution in [-0.2, 0) is 0 Å². The zero-order chi connectivity index (χ0) is 16.8. The van der Waals surface area contributed by atoms with Crippen LogP contribution in [-0.4, -0.2) is 30.8 Å². The van der Waals surface area contributed by atoms with E-state index in [1.165, 1.54) is 30.3 Å². The van der Waals surface area contributed by atoms with E-state index < -0.39 is 30.8 Å². The normalized spacial score (nSPS) is 14.3. The van der Waals surface area contributed by atoms with Crippen LogP contribution in [0.1, 0.15) is 20.7 Å². The fourth-order valence-corrected chi connectivity index (χ4v) is 2.36. The lowest BCUT2D eigenvalue weighted by Crippen LogP contribution is -2.35. The molecule has 0 atom stereocenters. The molecular weight excluding hydrogens is 318 g/mol. The van der Waals surface area contributed by atoms with Crippen molar-refractivity contribution in [3.8, 4) is 5.75 Å². The Bertz CT molecular complexity index is 799. The molecule has 0 fully saturated rings. The van der Waals surface area contributed by atoms with Gasteiger partial charge < -0.3 is 4.74 Å². The highest BCUT2D eigenvalue weighted by atomic mass is 19.3. The van der Waals surface area contributed by atoms with Crippen LogP contribution in [0.4, 0.5) is 17.6 Å². The highest BCUT2D eigenvalue weighted by Crippen LogP contribution is 2.34. The van der Waals surface area contributed by atoms with Crippen molar-refractivity contribution >= 4 is 22.6 Å². The summed E-state index contributed by atoms with van der Waals surface area (Å²) in [5.41, 5.74) is 0.367. The summed E-state index contributed by atoms with van der Waals surface area (Å²) in [4.78, 5) is 23.6. The second-order valence-electron chi connectivity index (χ2n) is 4.97. The van der Waals surface area contributed by atoms with Gasteiger partial charge in [-0.05, 0) is 18.2 Å². The molecule has 0 unspecified atom stereocenters. The zero-order valence-electron chi connectivity index (χ0n) is 11.4. The van der Waals surface area contributed by atoms with Crippen LogP contribution >= 0.6 is 0 Å². The quantitative estimate of drug-likeness (QED) is 0.694. The molecule has 2 aromatic rings. The second-order valence-corrected chi connectivity index (χ2v) is 4.97. The maximum absolute atomic E-state index is 13.0. The van der Waals surface area contributed by atoms with Gasteiger partial charge in [0.1, 0.15) is 5.75 Å². The minimum Gasteiger partial charge on any atom is -0.486 e. The van der Waals surface area contributed by atoms with Crippen LogP contribution in [0.25, 0.3) is 10.8 Å². The molecule has 2 aromatic carbocycles. The third kappa shape index (κ3) is 2.49. The largest absolute Gasteiger partial charge is 0.486 e. The van der Waals surface area contributed by atoms with E-state index in [0.717, 1.165) is 0 Å². The predicted octanol–water partition coefficient (Wildman–Crippen LogP) is 3.00. The molecule has 0 bridgehead atoms. The molecule has 0 spiro atoms. The van der Waals surface area contributed by atoms with Gasteiger partial charge in [0.05, 0.1) is 0 Å². The van der Waals surface area contributed by atoms with Crippen LogP contribution in [0, 0.1) is 0 Å². The van der Waals surface area contributed by atoms with Crippen molar-refractivity contribution in [1.82, 2.24) is 5.32 Å². The third-order valence-electron chi connectivity index (χ3n) is 3.46. The summed E-state index contributed by atoms with van der Waals surface area (Å²) in [6.07, 6.45) is -3.85. The molecule has 0 aromatic heterocycles. The van der Waals surface area contributed by atoms with Crippen molar-refractivity contribution in [1.29, 1.82) is 0 Å². The molecular formula is C15H9F4NO3. The first-order chi connectivity index (χ1) is 10.8. The molecule has 0 radical (unpaired) electrons. The average molecular weight is 327 g/mol. The van der Waals surface area contributed by atoms with Gasteiger partial charge in [-0.1, -0.05) is 12.1 Å². The number of amides is 2. The Balaban J connectivity index is 2.07. The van der Waals surface area contributed by atoms with Crippen molar-refractivity contribution in [2.24, 2.45) is 0 Å². The summed E-state index contributed by atoms with van der Waals surface area (Å²) in [5, 5.41) is 2.63. The number of halogens is 4. The predicted molar refractivity (Wildman–Crippen MR) is 72.2 cm³/mol. The van der Waals surface area contributed by atoms with E-state index in [1.54, 1.807) is 0 Å². The minimum absolute atomic E-state index is 0.103. The van der Waals surface area contributed by atoms with Crippen LogP contribution in [0.5, 0.6) is 5.75 Å². The van der Waals surface area contributed by atoms with Crippen molar-refractivity contribution in [2.45, 2.75) is 12.3 Å². The Morgan fingerprint density at radius 1 is 1.04 bits per heavy atom. The summed E-state index contributed by atoms with van der Waals surface area (Å²) in [7, 11) is 0. The van der Waals surface area contributed by atoms with Gasteiger partial charge in [-0.15, -0.1) is 0 Å². The number of hydrogen-bond acceptors (Lipinski definition) is 3. The molecule has 3 rings (SSSR count). The van der Waals surface area contributed by atoms with E-state index in [0.29, 0.717) is 0 Å². The standard InChI is InChI=1S/C15H9F4NO3/c16-14(17)15(18,19)6-23-10-5-4-9-11-7(10)2-1-3-8(11)12(21)20-13(9)22/h1-5,14H,6H2,(H,20,21,22). The Hall–Kier alpha value is -2.64. The number of ether oxygens (including phenoxy) is 1. The molecule has 1 aliphatic rings. The lowest BCUT2D eigenvalue weighted by molar-refractivity contribution is -0.148. The number of rotatable bonds is 4. The van der Waals surface area contributed by atoms with E-state index in [1.807, 2.05) is 0 Å². The summed E-state index contributed by atoms with van der Waals surface area (Å²) in [5.74, 6) is -5.65. The van der Waals surface area contributed by atoms with E-state index in [9.17, 15) is 27.2 Å². The number of carbonyl (C=O) groups excluding carboxylic acids is 2. The van der Waals surface area contributed by atoms with Crippen molar-refractivity contribution in [3.63, 3.8) is 0 Å². The number of imide groups is 1. The van der Waals surface area contributed by atoms with Gasteiger partial charge in [0.2, 0.25) is 0 Å². The lowest BCUT2D eigenvalue weighted by atomic mass is 9.95. The summed E-state index contributed by atoms with van der Waals surface area (Å²) in [6, 6.07) is 6.94. The number of alkyl halides is 4. The average Bonchev–Trinajstić information content (AvgIpc) is 2.50. The van der Waals surface area contributed by atoms with E-state index in [-0.39, 0.29) is 27.6 Å². The van der Waals surface area contributed by atoms with Crippen LogP contribution < -0.4 is 10.1 Å². The molecule has 2 amide bonds. The minimum atomic E-state index is -4.30. The molecule has 1 aliphatic heterocycles. The van der Waals surface area contributed by atoms with Gasteiger partial charge in [-0.2, -0.15) is 8.78 Å². The Morgan fingerprint density at radius 3 is 2.35 bits per heavy atom. The first-order valence-electron chi connectivity index (χ1n) is 6.51. The first-order valence-corrected chi connectivity index (χ1v) is 6.51. The fourth-order valence-electron chi connectivity index (χ4n) is 2.36. The van der Waals surface area contributed by atoms with Crippen LogP contribution in [0.15, 0.2) is 30.3 Å². The SMILES string of the molecule is O=C1NC(=O)c2ccc(OCC(F)(F)C(F)F)c3cccc1c23. The highest BCUT2D eigenvalue weighted by Gasteiger charge is 2.42. The smallest absolute Gasteiger partial charge is 0.340 e. The maximum Gasteiger partial charge on any atom is 0.340 e. The van der Waals surface area contributed by atoms with Crippen molar-refractivity contribution < 1.29 is 31.9 Å². The van der Waals surface area contributed by atoms with Gasteiger partial charge in [-0.25, -0.2) is 8.78 Å². The van der Waals surface area contributed by atoms with Gasteiger partial charge in [-0.3, -0.25) is 14.9 Å². The Labute approximate surface area is 127 Å². The summed E-state index contributed by atoms with van der Waals surface area (Å²) in [6.45, 7) is -1.51. The number of hydrogen-bond donors (Lipinski definition) is 1. The van der Waals surface area contributed by atoms with Crippen molar-refractivity contribution in [2.75, 3.05) is 6.61 Å². The molecule has 4 nitrogen and oxygen atoms in total. The van der Waals surface area contributed by atoms with Gasteiger partial charge in [0.25, 0.3) is 11.8 Å². The first kappa shape index (κ1) is 15.3. The van der Waals surface area contributed by atoms with Crippen LogP contribution in [0.3, 0.4) is 0 Å². The third-order valence-corrected chi connectivity index (χ3v) is 3.46. The molecule has 8 heteroatoms. The van der Waals surface area contributed by atoms with Gasteiger partial charge in [0.15, 0.2) is 6.61 Å². The highest BCUT2D eigenvalue weighted by molar-refractivity contribution is 6.26. The van der Waals surface area contributed by atoms with Gasteiger partial charge >= 0.3 is 12.3 Å². The topological polar surface area (TPSA) is 55.4 Å². The zero-order valence-corrected chi connectivity index (χ0v) is 11.4.